The topological polar surface area (TPSA) is 120 Å². The minimum Gasteiger partial charge on any atom is -0.497 e. The maximum absolute atomic E-state index is 11.1. The van der Waals surface area contributed by atoms with Crippen molar-refractivity contribution in [3.8, 4) is 5.75 Å². The first-order valence-corrected chi connectivity index (χ1v) is 6.79. The maximum Gasteiger partial charge on any atom is 0.301 e. The Morgan fingerprint density at radius 1 is 1.08 bits per heavy atom. The Morgan fingerprint density at radius 2 is 1.62 bits per heavy atom. The summed E-state index contributed by atoms with van der Waals surface area (Å²) in [4.78, 5) is 20.9. The number of nitro groups is 2. The van der Waals surface area contributed by atoms with Gasteiger partial charge in [-0.15, -0.1) is 0 Å². The molecule has 0 spiro atoms. The zero-order valence-electron chi connectivity index (χ0n) is 12.9. The van der Waals surface area contributed by atoms with Crippen molar-refractivity contribution in [1.82, 2.24) is 0 Å². The highest BCUT2D eigenvalue weighted by Gasteiger charge is 2.25. The number of anilines is 1. The van der Waals surface area contributed by atoms with Gasteiger partial charge < -0.3 is 4.74 Å². The molecule has 2 aromatic carbocycles. The molecular formula is C15H14N4O5. The lowest BCUT2D eigenvalue weighted by Gasteiger charge is -2.05. The van der Waals surface area contributed by atoms with E-state index in [-0.39, 0.29) is 5.69 Å². The molecule has 0 aliphatic rings. The molecule has 9 heteroatoms. The molecule has 0 aliphatic heterocycles. The first kappa shape index (κ1) is 16.9. The van der Waals surface area contributed by atoms with E-state index < -0.39 is 21.2 Å². The van der Waals surface area contributed by atoms with Gasteiger partial charge in [-0.05, 0) is 42.3 Å². The average molecular weight is 330 g/mol. The molecule has 9 nitrogen and oxygen atoms in total. The molecule has 2 aromatic rings. The van der Waals surface area contributed by atoms with Crippen LogP contribution >= 0.6 is 0 Å². The number of hydrogen-bond donors (Lipinski definition) is 1. The second-order valence-electron chi connectivity index (χ2n) is 4.84. The number of nitrogens with zero attached hydrogens (tertiary/aromatic N) is 3. The van der Waals surface area contributed by atoms with E-state index in [0.717, 1.165) is 0 Å². The fourth-order valence-electron chi connectivity index (χ4n) is 2.01. The number of benzene rings is 2. The van der Waals surface area contributed by atoms with E-state index in [1.807, 2.05) is 0 Å². The third-order valence-corrected chi connectivity index (χ3v) is 3.14. The molecule has 0 radical (unpaired) electrons. The van der Waals surface area contributed by atoms with E-state index in [0.29, 0.717) is 16.9 Å². The van der Waals surface area contributed by atoms with Crippen LogP contribution in [0.3, 0.4) is 0 Å². The van der Waals surface area contributed by atoms with Crippen molar-refractivity contribution < 1.29 is 14.6 Å². The Labute approximate surface area is 136 Å². The summed E-state index contributed by atoms with van der Waals surface area (Å²) in [6.45, 7) is 1.55. The van der Waals surface area contributed by atoms with Gasteiger partial charge in [0.25, 0.3) is 0 Å². The molecule has 124 valence electrons. The third kappa shape index (κ3) is 3.83. The fraction of sp³-hybridized carbons (Fsp3) is 0.133. The second-order valence-corrected chi connectivity index (χ2v) is 4.84. The Kier molecular flexibility index (Phi) is 5.05. The van der Waals surface area contributed by atoms with Crippen molar-refractivity contribution in [3.05, 3.63) is 67.8 Å². The van der Waals surface area contributed by atoms with Crippen LogP contribution in [-0.2, 0) is 0 Å². The Morgan fingerprint density at radius 3 is 2.08 bits per heavy atom. The van der Waals surface area contributed by atoms with Crippen LogP contribution in [0.4, 0.5) is 17.1 Å². The molecule has 2 rings (SSSR count). The van der Waals surface area contributed by atoms with Crippen molar-refractivity contribution in [2.45, 2.75) is 6.92 Å². The van der Waals surface area contributed by atoms with Crippen LogP contribution in [0.15, 0.2) is 41.5 Å². The van der Waals surface area contributed by atoms with Crippen molar-refractivity contribution in [2.24, 2.45) is 5.10 Å². The fourth-order valence-corrected chi connectivity index (χ4v) is 2.01. The van der Waals surface area contributed by atoms with Crippen LogP contribution in [0, 0.1) is 27.2 Å². The Balaban J connectivity index is 2.32. The first-order valence-electron chi connectivity index (χ1n) is 6.79. The standard InChI is InChI=1S/C15H14N4O5/c1-10-7-13(18(20)21)15(14(8-10)19(22)23)17-16-9-11-3-5-12(24-2)6-4-11/h3-9,17H,1-2H3. The minimum absolute atomic E-state index is 0.264. The highest BCUT2D eigenvalue weighted by Crippen LogP contribution is 2.35. The van der Waals surface area contributed by atoms with Gasteiger partial charge >= 0.3 is 11.4 Å². The molecule has 0 amide bonds. The monoisotopic (exact) mass is 330 g/mol. The molecule has 0 aliphatic carbocycles. The number of nitrogens with one attached hydrogen (secondary N) is 1. The third-order valence-electron chi connectivity index (χ3n) is 3.14. The van der Waals surface area contributed by atoms with Gasteiger partial charge in [0.05, 0.1) is 23.2 Å². The highest BCUT2D eigenvalue weighted by molar-refractivity contribution is 5.82. The van der Waals surface area contributed by atoms with Gasteiger partial charge in [0, 0.05) is 12.1 Å². The second kappa shape index (κ2) is 7.18. The highest BCUT2D eigenvalue weighted by atomic mass is 16.6. The smallest absolute Gasteiger partial charge is 0.301 e. The average Bonchev–Trinajstić information content (AvgIpc) is 2.55. The number of methoxy groups -OCH3 is 1. The SMILES string of the molecule is COc1ccc(C=NNc2c([N+](=O)[O-])cc(C)cc2[N+](=O)[O-])cc1. The van der Waals surface area contributed by atoms with Crippen molar-refractivity contribution >= 4 is 23.3 Å². The van der Waals surface area contributed by atoms with Crippen molar-refractivity contribution in [3.63, 3.8) is 0 Å². The van der Waals surface area contributed by atoms with Gasteiger partial charge in [-0.2, -0.15) is 5.10 Å². The molecule has 0 aromatic heterocycles. The summed E-state index contributed by atoms with van der Waals surface area (Å²) in [6, 6.07) is 9.39. The van der Waals surface area contributed by atoms with Crippen LogP contribution in [0.1, 0.15) is 11.1 Å². The molecule has 0 saturated carbocycles. The molecule has 0 heterocycles. The number of rotatable bonds is 6. The summed E-state index contributed by atoms with van der Waals surface area (Å²) in [5, 5.41) is 26.1. The van der Waals surface area contributed by atoms with Gasteiger partial charge in [0.15, 0.2) is 0 Å². The minimum atomic E-state index is -0.689. The summed E-state index contributed by atoms with van der Waals surface area (Å²) >= 11 is 0. The van der Waals surface area contributed by atoms with Crippen molar-refractivity contribution in [1.29, 1.82) is 0 Å². The Bertz CT molecular complexity index is 767. The largest absolute Gasteiger partial charge is 0.497 e. The Hall–Kier alpha value is -3.49. The van der Waals surface area contributed by atoms with Gasteiger partial charge in [-0.1, -0.05) is 0 Å². The molecule has 0 unspecified atom stereocenters. The van der Waals surface area contributed by atoms with E-state index in [9.17, 15) is 20.2 Å². The van der Waals surface area contributed by atoms with E-state index >= 15 is 0 Å². The summed E-state index contributed by atoms with van der Waals surface area (Å²) in [5.74, 6) is 0.671. The lowest BCUT2D eigenvalue weighted by atomic mass is 10.1. The zero-order valence-corrected chi connectivity index (χ0v) is 12.9. The number of ether oxygens (including phenoxy) is 1. The van der Waals surface area contributed by atoms with E-state index in [1.54, 1.807) is 38.3 Å². The van der Waals surface area contributed by atoms with E-state index in [4.69, 9.17) is 4.74 Å². The quantitative estimate of drug-likeness (QED) is 0.493. The lowest BCUT2D eigenvalue weighted by Crippen LogP contribution is -2.02. The van der Waals surface area contributed by atoms with Gasteiger partial charge in [-0.25, -0.2) is 0 Å². The van der Waals surface area contributed by atoms with Crippen molar-refractivity contribution in [2.75, 3.05) is 12.5 Å². The van der Waals surface area contributed by atoms with Gasteiger partial charge in [0.2, 0.25) is 5.69 Å². The van der Waals surface area contributed by atoms with Crippen LogP contribution in [0.5, 0.6) is 5.75 Å². The summed E-state index contributed by atoms with van der Waals surface area (Å²) in [7, 11) is 1.54. The molecule has 0 bridgehead atoms. The molecular weight excluding hydrogens is 316 g/mol. The van der Waals surface area contributed by atoms with Crippen LogP contribution in [-0.4, -0.2) is 23.2 Å². The first-order chi connectivity index (χ1) is 11.4. The zero-order chi connectivity index (χ0) is 17.7. The van der Waals surface area contributed by atoms with Gasteiger partial charge in [0.1, 0.15) is 5.75 Å². The van der Waals surface area contributed by atoms with E-state index in [2.05, 4.69) is 10.5 Å². The summed E-state index contributed by atoms with van der Waals surface area (Å²) in [6.07, 6.45) is 1.40. The number of nitro benzene ring substituents is 2. The molecule has 24 heavy (non-hydrogen) atoms. The number of hydrogen-bond acceptors (Lipinski definition) is 7. The van der Waals surface area contributed by atoms with Crippen LogP contribution in [0.2, 0.25) is 0 Å². The molecule has 1 N–H and O–H groups in total. The number of aryl methyl sites for hydroxylation is 1. The predicted octanol–water partition coefficient (Wildman–Crippen LogP) is 3.27. The van der Waals surface area contributed by atoms with Gasteiger partial charge in [-0.3, -0.25) is 25.7 Å². The van der Waals surface area contributed by atoms with Crippen LogP contribution in [0.25, 0.3) is 0 Å². The summed E-state index contributed by atoms with van der Waals surface area (Å²) < 4.78 is 5.03. The van der Waals surface area contributed by atoms with Crippen LogP contribution < -0.4 is 10.2 Å². The maximum atomic E-state index is 11.1. The normalized spacial score (nSPS) is 10.6. The predicted molar refractivity (Wildman–Crippen MR) is 88.7 cm³/mol. The van der Waals surface area contributed by atoms with E-state index in [1.165, 1.54) is 18.3 Å². The molecule has 0 atom stereocenters. The lowest BCUT2D eigenvalue weighted by molar-refractivity contribution is -0.392. The molecule has 0 saturated heterocycles. The summed E-state index contributed by atoms with van der Waals surface area (Å²) in [5.41, 5.74) is 2.43. The molecule has 0 fully saturated rings. The number of hydrazone groups is 1.